The molecule has 0 aliphatic rings. The van der Waals surface area contributed by atoms with E-state index in [0.29, 0.717) is 6.54 Å². The smallest absolute Gasteiger partial charge is 0.137 e. The van der Waals surface area contributed by atoms with Crippen LogP contribution in [-0.4, -0.2) is 13.7 Å². The molecule has 0 fully saturated rings. The van der Waals surface area contributed by atoms with E-state index >= 15 is 0 Å². The van der Waals surface area contributed by atoms with Gasteiger partial charge in [-0.25, -0.2) is 0 Å². The molecule has 0 saturated carbocycles. The van der Waals surface area contributed by atoms with Crippen LogP contribution in [0.3, 0.4) is 0 Å². The van der Waals surface area contributed by atoms with Crippen LogP contribution in [-0.2, 0) is 6.54 Å². The van der Waals surface area contributed by atoms with E-state index in [1.807, 2.05) is 19.1 Å². The van der Waals surface area contributed by atoms with Gasteiger partial charge in [0.25, 0.3) is 0 Å². The van der Waals surface area contributed by atoms with Gasteiger partial charge in [0.05, 0.1) is 18.1 Å². The van der Waals surface area contributed by atoms with Crippen LogP contribution in [0, 0.1) is 11.8 Å². The van der Waals surface area contributed by atoms with Gasteiger partial charge in [-0.15, -0.1) is 5.92 Å². The molecule has 1 N–H and O–H groups in total. The largest absolute Gasteiger partial charge is 0.495 e. The quantitative estimate of drug-likeness (QED) is 0.667. The predicted octanol–water partition coefficient (Wildman–Crippen LogP) is 3.33. The minimum absolute atomic E-state index is 0.684. The average molecular weight is 347 g/mol. The first-order chi connectivity index (χ1) is 7.69. The summed E-state index contributed by atoms with van der Waals surface area (Å²) in [5.74, 6) is 6.66. The number of ether oxygens (including phenoxy) is 1. The van der Waals surface area contributed by atoms with E-state index < -0.39 is 0 Å². The number of methoxy groups -OCH3 is 1. The molecule has 0 unspecified atom stereocenters. The SMILES string of the molecule is CC#CCNCc1cc(Br)cc(Br)c1OC. The summed E-state index contributed by atoms with van der Waals surface area (Å²) in [7, 11) is 1.67. The summed E-state index contributed by atoms with van der Waals surface area (Å²) >= 11 is 6.93. The molecule has 1 rings (SSSR count). The lowest BCUT2D eigenvalue weighted by Crippen LogP contribution is -2.14. The second kappa shape index (κ2) is 6.95. The maximum absolute atomic E-state index is 5.34. The van der Waals surface area contributed by atoms with Gasteiger partial charge in [0, 0.05) is 16.6 Å². The highest BCUT2D eigenvalue weighted by atomic mass is 79.9. The minimum Gasteiger partial charge on any atom is -0.495 e. The zero-order chi connectivity index (χ0) is 12.0. The third kappa shape index (κ3) is 3.82. The van der Waals surface area contributed by atoms with Crippen LogP contribution in [0.15, 0.2) is 21.1 Å². The van der Waals surface area contributed by atoms with Gasteiger partial charge in [0.1, 0.15) is 5.75 Å². The first kappa shape index (κ1) is 13.6. The lowest BCUT2D eigenvalue weighted by molar-refractivity contribution is 0.405. The Bertz CT molecular complexity index is 421. The summed E-state index contributed by atoms with van der Waals surface area (Å²) in [5.41, 5.74) is 1.10. The molecule has 0 spiro atoms. The van der Waals surface area contributed by atoms with Crippen molar-refractivity contribution in [1.82, 2.24) is 5.32 Å². The molecule has 0 atom stereocenters. The van der Waals surface area contributed by atoms with Gasteiger partial charge in [-0.3, -0.25) is 0 Å². The molecule has 0 bridgehead atoms. The number of benzene rings is 1. The van der Waals surface area contributed by atoms with Gasteiger partial charge in [-0.2, -0.15) is 0 Å². The van der Waals surface area contributed by atoms with E-state index in [1.165, 1.54) is 0 Å². The van der Waals surface area contributed by atoms with Crippen molar-refractivity contribution in [2.24, 2.45) is 0 Å². The summed E-state index contributed by atoms with van der Waals surface area (Å²) in [4.78, 5) is 0. The van der Waals surface area contributed by atoms with Crippen LogP contribution < -0.4 is 10.1 Å². The van der Waals surface area contributed by atoms with Crippen molar-refractivity contribution in [2.45, 2.75) is 13.5 Å². The van der Waals surface area contributed by atoms with E-state index in [0.717, 1.165) is 26.8 Å². The summed E-state index contributed by atoms with van der Waals surface area (Å²) in [6, 6.07) is 4.00. The highest BCUT2D eigenvalue weighted by molar-refractivity contribution is 9.11. The Morgan fingerprint density at radius 3 is 2.75 bits per heavy atom. The Hall–Kier alpha value is -0.500. The van der Waals surface area contributed by atoms with Crippen molar-refractivity contribution < 1.29 is 4.74 Å². The zero-order valence-electron chi connectivity index (χ0n) is 9.23. The zero-order valence-corrected chi connectivity index (χ0v) is 12.4. The van der Waals surface area contributed by atoms with E-state index in [1.54, 1.807) is 7.11 Å². The standard InChI is InChI=1S/C12H13Br2NO/c1-3-4-5-15-8-9-6-10(13)7-11(14)12(9)16-2/h6-7,15H,5,8H2,1-2H3. The van der Waals surface area contributed by atoms with Crippen molar-refractivity contribution in [3.05, 3.63) is 26.6 Å². The van der Waals surface area contributed by atoms with Crippen LogP contribution in [0.2, 0.25) is 0 Å². The number of rotatable bonds is 4. The topological polar surface area (TPSA) is 21.3 Å². The van der Waals surface area contributed by atoms with Crippen LogP contribution >= 0.6 is 31.9 Å². The number of nitrogens with one attached hydrogen (secondary N) is 1. The van der Waals surface area contributed by atoms with Crippen molar-refractivity contribution in [3.63, 3.8) is 0 Å². The van der Waals surface area contributed by atoms with E-state index in [2.05, 4.69) is 49.0 Å². The molecule has 0 aromatic heterocycles. The fourth-order valence-electron chi connectivity index (χ4n) is 1.32. The molecule has 0 amide bonds. The molecule has 1 aromatic rings. The third-order valence-electron chi connectivity index (χ3n) is 2.00. The first-order valence-corrected chi connectivity index (χ1v) is 6.40. The van der Waals surface area contributed by atoms with Crippen molar-refractivity contribution in [2.75, 3.05) is 13.7 Å². The molecular formula is C12H13Br2NO. The van der Waals surface area contributed by atoms with Crippen molar-refractivity contribution in [1.29, 1.82) is 0 Å². The van der Waals surface area contributed by atoms with Gasteiger partial charge < -0.3 is 10.1 Å². The molecule has 16 heavy (non-hydrogen) atoms. The Balaban J connectivity index is 2.79. The molecule has 4 heteroatoms. The van der Waals surface area contributed by atoms with Crippen LogP contribution in [0.4, 0.5) is 0 Å². The predicted molar refractivity (Wildman–Crippen MR) is 73.6 cm³/mol. The molecule has 86 valence electrons. The highest BCUT2D eigenvalue weighted by Crippen LogP contribution is 2.32. The highest BCUT2D eigenvalue weighted by Gasteiger charge is 2.08. The average Bonchev–Trinajstić information content (AvgIpc) is 2.24. The van der Waals surface area contributed by atoms with Crippen LogP contribution in [0.5, 0.6) is 5.75 Å². The second-order valence-corrected chi connectivity index (χ2v) is 4.88. The lowest BCUT2D eigenvalue weighted by Gasteiger charge is -2.11. The molecule has 1 aromatic carbocycles. The molecule has 0 aliphatic carbocycles. The number of hydrogen-bond donors (Lipinski definition) is 1. The Labute approximate surface area is 113 Å². The van der Waals surface area contributed by atoms with Crippen molar-refractivity contribution in [3.8, 4) is 17.6 Å². The Morgan fingerprint density at radius 2 is 2.12 bits per heavy atom. The Morgan fingerprint density at radius 1 is 1.38 bits per heavy atom. The molecule has 0 heterocycles. The Kier molecular flexibility index (Phi) is 5.89. The molecule has 0 saturated heterocycles. The molecular weight excluding hydrogens is 334 g/mol. The monoisotopic (exact) mass is 345 g/mol. The van der Waals surface area contributed by atoms with Gasteiger partial charge in [0.2, 0.25) is 0 Å². The van der Waals surface area contributed by atoms with E-state index in [4.69, 9.17) is 4.74 Å². The van der Waals surface area contributed by atoms with Gasteiger partial charge in [0.15, 0.2) is 0 Å². The molecule has 0 aliphatic heterocycles. The summed E-state index contributed by atoms with van der Waals surface area (Å²) in [6.45, 7) is 3.25. The summed E-state index contributed by atoms with van der Waals surface area (Å²) < 4.78 is 7.32. The van der Waals surface area contributed by atoms with Gasteiger partial charge >= 0.3 is 0 Å². The molecule has 0 radical (unpaired) electrons. The number of hydrogen-bond acceptors (Lipinski definition) is 2. The van der Waals surface area contributed by atoms with Gasteiger partial charge in [-0.1, -0.05) is 21.9 Å². The first-order valence-electron chi connectivity index (χ1n) is 4.81. The van der Waals surface area contributed by atoms with E-state index in [-0.39, 0.29) is 0 Å². The lowest BCUT2D eigenvalue weighted by atomic mass is 10.2. The third-order valence-corrected chi connectivity index (χ3v) is 3.04. The number of halogens is 2. The summed E-state index contributed by atoms with van der Waals surface area (Å²) in [5, 5.41) is 3.24. The van der Waals surface area contributed by atoms with E-state index in [9.17, 15) is 0 Å². The van der Waals surface area contributed by atoms with Crippen molar-refractivity contribution >= 4 is 31.9 Å². The van der Waals surface area contributed by atoms with Crippen LogP contribution in [0.25, 0.3) is 0 Å². The fourth-order valence-corrected chi connectivity index (χ4v) is 2.80. The van der Waals surface area contributed by atoms with Crippen LogP contribution in [0.1, 0.15) is 12.5 Å². The second-order valence-electron chi connectivity index (χ2n) is 3.11. The van der Waals surface area contributed by atoms with Gasteiger partial charge in [-0.05, 0) is 35.0 Å². The normalized spacial score (nSPS) is 9.50. The fraction of sp³-hybridized carbons (Fsp3) is 0.333. The maximum atomic E-state index is 5.34. The summed E-state index contributed by atoms with van der Waals surface area (Å²) in [6.07, 6.45) is 0. The molecule has 2 nitrogen and oxygen atoms in total. The minimum atomic E-state index is 0.684. The maximum Gasteiger partial charge on any atom is 0.137 e.